The summed E-state index contributed by atoms with van der Waals surface area (Å²) >= 11 is 0. The number of hydrogen-bond donors (Lipinski definition) is 1. The second-order valence-electron chi connectivity index (χ2n) is 4.08. The quantitative estimate of drug-likeness (QED) is 0.788. The Morgan fingerprint density at radius 1 is 1.47 bits per heavy atom. The van der Waals surface area contributed by atoms with Gasteiger partial charge in [0.15, 0.2) is 0 Å². The SMILES string of the molecule is O=C(C=Cc1ccccc1F)N1CCC(O)C1. The van der Waals surface area contributed by atoms with Gasteiger partial charge in [-0.1, -0.05) is 18.2 Å². The molecule has 1 heterocycles. The van der Waals surface area contributed by atoms with Crippen LogP contribution in [0.3, 0.4) is 0 Å². The van der Waals surface area contributed by atoms with E-state index < -0.39 is 6.10 Å². The number of carbonyl (C=O) groups excluding carboxylic acids is 1. The van der Waals surface area contributed by atoms with Crippen LogP contribution in [0.15, 0.2) is 30.3 Å². The summed E-state index contributed by atoms with van der Waals surface area (Å²) < 4.78 is 13.3. The number of β-amino-alcohol motifs (C(OH)–C–C–N with tert-alkyl or cyclic N) is 1. The molecule has 17 heavy (non-hydrogen) atoms. The predicted molar refractivity (Wildman–Crippen MR) is 62.6 cm³/mol. The fourth-order valence-corrected chi connectivity index (χ4v) is 1.82. The number of benzene rings is 1. The minimum absolute atomic E-state index is 0.190. The van der Waals surface area contributed by atoms with E-state index in [0.717, 1.165) is 0 Å². The van der Waals surface area contributed by atoms with E-state index in [9.17, 15) is 14.3 Å². The van der Waals surface area contributed by atoms with Crippen molar-refractivity contribution in [3.63, 3.8) is 0 Å². The molecule has 2 rings (SSSR count). The molecule has 0 spiro atoms. The standard InChI is InChI=1S/C13H14FNO2/c14-12-4-2-1-3-10(12)5-6-13(17)15-8-7-11(16)9-15/h1-6,11,16H,7-9H2. The van der Waals surface area contributed by atoms with Crippen LogP contribution in [0, 0.1) is 5.82 Å². The van der Waals surface area contributed by atoms with Gasteiger partial charge in [0.1, 0.15) is 5.82 Å². The van der Waals surface area contributed by atoms with E-state index in [2.05, 4.69) is 0 Å². The van der Waals surface area contributed by atoms with Gasteiger partial charge in [0.25, 0.3) is 0 Å². The Balaban J connectivity index is 2.01. The molecular weight excluding hydrogens is 221 g/mol. The Morgan fingerprint density at radius 3 is 2.88 bits per heavy atom. The summed E-state index contributed by atoms with van der Waals surface area (Å²) in [5.74, 6) is -0.539. The maximum atomic E-state index is 13.3. The summed E-state index contributed by atoms with van der Waals surface area (Å²) in [6.07, 6.45) is 2.98. The lowest BCUT2D eigenvalue weighted by Gasteiger charge is -2.12. The van der Waals surface area contributed by atoms with Crippen molar-refractivity contribution in [3.05, 3.63) is 41.7 Å². The lowest BCUT2D eigenvalue weighted by molar-refractivity contribution is -0.125. The van der Waals surface area contributed by atoms with Crippen LogP contribution in [0.5, 0.6) is 0 Å². The topological polar surface area (TPSA) is 40.5 Å². The number of nitrogens with zero attached hydrogens (tertiary/aromatic N) is 1. The van der Waals surface area contributed by atoms with E-state index >= 15 is 0 Å². The van der Waals surface area contributed by atoms with Crippen LogP contribution in [0.25, 0.3) is 6.08 Å². The zero-order valence-corrected chi connectivity index (χ0v) is 9.34. The molecule has 0 aliphatic carbocycles. The molecule has 0 aromatic heterocycles. The summed E-state index contributed by atoms with van der Waals surface area (Å²) in [4.78, 5) is 13.2. The Morgan fingerprint density at radius 2 is 2.24 bits per heavy atom. The number of likely N-dealkylation sites (tertiary alicyclic amines) is 1. The van der Waals surface area contributed by atoms with Gasteiger partial charge in [0.2, 0.25) is 5.91 Å². The summed E-state index contributed by atoms with van der Waals surface area (Å²) in [6, 6.07) is 6.28. The van der Waals surface area contributed by atoms with Crippen LogP contribution in [-0.2, 0) is 4.79 Å². The van der Waals surface area contributed by atoms with Gasteiger partial charge < -0.3 is 10.0 Å². The molecule has 1 amide bonds. The zero-order chi connectivity index (χ0) is 12.3. The van der Waals surface area contributed by atoms with Crippen LogP contribution in [0.4, 0.5) is 4.39 Å². The van der Waals surface area contributed by atoms with Gasteiger partial charge in [-0.2, -0.15) is 0 Å². The molecular formula is C13H14FNO2. The molecule has 0 radical (unpaired) electrons. The Labute approximate surface area is 99.2 Å². The van der Waals surface area contributed by atoms with Crippen molar-refractivity contribution in [2.24, 2.45) is 0 Å². The molecule has 1 aliphatic rings. The van der Waals surface area contributed by atoms with Gasteiger partial charge in [-0.05, 0) is 18.6 Å². The largest absolute Gasteiger partial charge is 0.391 e. The van der Waals surface area contributed by atoms with Crippen LogP contribution in [-0.4, -0.2) is 35.1 Å². The van der Waals surface area contributed by atoms with Gasteiger partial charge in [-0.3, -0.25) is 4.79 Å². The van der Waals surface area contributed by atoms with Crippen LogP contribution >= 0.6 is 0 Å². The first-order chi connectivity index (χ1) is 8.16. The number of carbonyl (C=O) groups is 1. The molecule has 1 aromatic carbocycles. The molecule has 1 aromatic rings. The van der Waals surface area contributed by atoms with E-state index in [0.29, 0.717) is 25.1 Å². The Kier molecular flexibility index (Phi) is 3.54. The minimum atomic E-state index is -0.430. The summed E-state index contributed by atoms with van der Waals surface area (Å²) in [7, 11) is 0. The second-order valence-corrected chi connectivity index (χ2v) is 4.08. The molecule has 1 unspecified atom stereocenters. The van der Waals surface area contributed by atoms with Crippen LogP contribution in [0.1, 0.15) is 12.0 Å². The first-order valence-corrected chi connectivity index (χ1v) is 5.56. The van der Waals surface area contributed by atoms with Crippen molar-refractivity contribution in [3.8, 4) is 0 Å². The van der Waals surface area contributed by atoms with Crippen molar-refractivity contribution in [2.75, 3.05) is 13.1 Å². The van der Waals surface area contributed by atoms with Gasteiger partial charge in [0.05, 0.1) is 6.10 Å². The highest BCUT2D eigenvalue weighted by Gasteiger charge is 2.22. The number of aliphatic hydroxyl groups is 1. The highest BCUT2D eigenvalue weighted by molar-refractivity contribution is 5.92. The Bertz CT molecular complexity index is 445. The molecule has 1 saturated heterocycles. The first-order valence-electron chi connectivity index (χ1n) is 5.56. The zero-order valence-electron chi connectivity index (χ0n) is 9.34. The number of amides is 1. The lowest BCUT2D eigenvalue weighted by Crippen LogP contribution is -2.27. The van der Waals surface area contributed by atoms with Crippen molar-refractivity contribution in [1.82, 2.24) is 4.90 Å². The second kappa shape index (κ2) is 5.10. The van der Waals surface area contributed by atoms with Crippen LogP contribution < -0.4 is 0 Å². The normalized spacial score (nSPS) is 20.1. The number of rotatable bonds is 2. The predicted octanol–water partition coefficient (Wildman–Crippen LogP) is 1.43. The highest BCUT2D eigenvalue weighted by Crippen LogP contribution is 2.11. The van der Waals surface area contributed by atoms with E-state index in [1.165, 1.54) is 18.2 Å². The molecule has 90 valence electrons. The van der Waals surface area contributed by atoms with Crippen molar-refractivity contribution in [2.45, 2.75) is 12.5 Å². The third-order valence-corrected chi connectivity index (χ3v) is 2.79. The number of halogens is 1. The fourth-order valence-electron chi connectivity index (χ4n) is 1.82. The van der Waals surface area contributed by atoms with Gasteiger partial charge in [-0.15, -0.1) is 0 Å². The summed E-state index contributed by atoms with van der Waals surface area (Å²) in [5, 5.41) is 9.30. The maximum Gasteiger partial charge on any atom is 0.246 e. The fraction of sp³-hybridized carbons (Fsp3) is 0.308. The Hall–Kier alpha value is -1.68. The van der Waals surface area contributed by atoms with E-state index in [1.807, 2.05) is 0 Å². The van der Waals surface area contributed by atoms with Gasteiger partial charge in [-0.25, -0.2) is 4.39 Å². The smallest absolute Gasteiger partial charge is 0.246 e. The molecule has 1 atom stereocenters. The average Bonchev–Trinajstić information content (AvgIpc) is 2.74. The summed E-state index contributed by atoms with van der Waals surface area (Å²) in [5.41, 5.74) is 0.389. The number of hydrogen-bond acceptors (Lipinski definition) is 2. The highest BCUT2D eigenvalue weighted by atomic mass is 19.1. The van der Waals surface area contributed by atoms with Crippen molar-refractivity contribution >= 4 is 12.0 Å². The first kappa shape index (κ1) is 11.8. The molecule has 0 bridgehead atoms. The van der Waals surface area contributed by atoms with E-state index in [1.54, 1.807) is 23.1 Å². The van der Waals surface area contributed by atoms with Gasteiger partial charge in [0, 0.05) is 24.7 Å². The third kappa shape index (κ3) is 2.91. The molecule has 4 heteroatoms. The molecule has 1 N–H and O–H groups in total. The molecule has 0 saturated carbocycles. The number of aliphatic hydroxyl groups excluding tert-OH is 1. The third-order valence-electron chi connectivity index (χ3n) is 2.79. The van der Waals surface area contributed by atoms with E-state index in [-0.39, 0.29) is 11.7 Å². The van der Waals surface area contributed by atoms with Gasteiger partial charge >= 0.3 is 0 Å². The molecule has 3 nitrogen and oxygen atoms in total. The minimum Gasteiger partial charge on any atom is -0.391 e. The van der Waals surface area contributed by atoms with Crippen LogP contribution in [0.2, 0.25) is 0 Å². The van der Waals surface area contributed by atoms with Crippen molar-refractivity contribution in [1.29, 1.82) is 0 Å². The average molecular weight is 235 g/mol. The maximum absolute atomic E-state index is 13.3. The summed E-state index contributed by atoms with van der Waals surface area (Å²) in [6.45, 7) is 0.919. The monoisotopic (exact) mass is 235 g/mol. The molecule has 1 aliphatic heterocycles. The van der Waals surface area contributed by atoms with Crippen molar-refractivity contribution < 1.29 is 14.3 Å². The van der Waals surface area contributed by atoms with E-state index in [4.69, 9.17) is 0 Å². The lowest BCUT2D eigenvalue weighted by atomic mass is 10.2. The molecule has 1 fully saturated rings.